The van der Waals surface area contributed by atoms with Crippen LogP contribution in [-0.2, 0) is 29.1 Å². The van der Waals surface area contributed by atoms with Gasteiger partial charge in [-0.15, -0.1) is 5.10 Å². The lowest BCUT2D eigenvalue weighted by molar-refractivity contribution is -0.122. The Hall–Kier alpha value is -3.48. The van der Waals surface area contributed by atoms with Gasteiger partial charge in [-0.1, -0.05) is 60.2 Å². The maximum absolute atomic E-state index is 12.1. The molecule has 2 amide bonds. The Bertz CT molecular complexity index is 951. The number of aromatic nitrogens is 3. The Morgan fingerprint density at radius 3 is 2.47 bits per heavy atom. The minimum Gasteiger partial charge on any atom is -0.350 e. The maximum atomic E-state index is 12.1. The normalized spacial score (nSPS) is 10.6. The van der Waals surface area contributed by atoms with E-state index in [0.29, 0.717) is 13.0 Å². The van der Waals surface area contributed by atoms with E-state index in [9.17, 15) is 9.59 Å². The van der Waals surface area contributed by atoms with Crippen LogP contribution < -0.4 is 10.6 Å². The van der Waals surface area contributed by atoms with Crippen molar-refractivity contribution in [1.29, 1.82) is 0 Å². The molecular formula is C23H27N5O2. The van der Waals surface area contributed by atoms with Crippen molar-refractivity contribution in [3.05, 3.63) is 77.6 Å². The van der Waals surface area contributed by atoms with Crippen molar-refractivity contribution in [2.24, 2.45) is 0 Å². The van der Waals surface area contributed by atoms with Crippen LogP contribution in [0.4, 0.5) is 5.95 Å². The summed E-state index contributed by atoms with van der Waals surface area (Å²) in [5.41, 5.74) is 3.56. The fourth-order valence-corrected chi connectivity index (χ4v) is 2.98. The third-order valence-electron chi connectivity index (χ3n) is 4.67. The molecule has 2 N–H and O–H groups in total. The highest BCUT2D eigenvalue weighted by Crippen LogP contribution is 2.09. The molecule has 156 valence electrons. The SMILES string of the molecule is Cc1ccc(CCCCC(=O)Nc2ncn(CC(=O)NCc3ccccc3)n2)cc1. The van der Waals surface area contributed by atoms with Crippen molar-refractivity contribution >= 4 is 17.8 Å². The molecule has 0 aliphatic heterocycles. The monoisotopic (exact) mass is 405 g/mol. The Morgan fingerprint density at radius 2 is 1.70 bits per heavy atom. The highest BCUT2D eigenvalue weighted by atomic mass is 16.2. The number of hydrogen-bond donors (Lipinski definition) is 2. The van der Waals surface area contributed by atoms with E-state index >= 15 is 0 Å². The Kier molecular flexibility index (Phi) is 7.71. The number of carbonyl (C=O) groups excluding carboxylic acids is 2. The third kappa shape index (κ3) is 7.16. The number of benzene rings is 2. The summed E-state index contributed by atoms with van der Waals surface area (Å²) in [7, 11) is 0. The zero-order valence-electron chi connectivity index (χ0n) is 17.2. The van der Waals surface area contributed by atoms with Gasteiger partial charge >= 0.3 is 0 Å². The van der Waals surface area contributed by atoms with Crippen LogP contribution in [0.5, 0.6) is 0 Å². The van der Waals surface area contributed by atoms with Crippen LogP contribution in [0.3, 0.4) is 0 Å². The van der Waals surface area contributed by atoms with Gasteiger partial charge in [0.2, 0.25) is 17.8 Å². The number of carbonyl (C=O) groups is 2. The first-order chi connectivity index (χ1) is 14.6. The number of nitrogens with one attached hydrogen (secondary N) is 2. The van der Waals surface area contributed by atoms with E-state index in [0.717, 1.165) is 24.8 Å². The number of rotatable bonds is 10. The average Bonchev–Trinajstić information content (AvgIpc) is 3.18. The molecule has 0 radical (unpaired) electrons. The summed E-state index contributed by atoms with van der Waals surface area (Å²) in [6.07, 6.45) is 4.55. The van der Waals surface area contributed by atoms with E-state index in [4.69, 9.17) is 0 Å². The van der Waals surface area contributed by atoms with Gasteiger partial charge in [0.05, 0.1) is 0 Å². The fraction of sp³-hybridized carbons (Fsp3) is 0.304. The van der Waals surface area contributed by atoms with Gasteiger partial charge in [0.1, 0.15) is 12.9 Å². The molecule has 0 bridgehead atoms. The largest absolute Gasteiger partial charge is 0.350 e. The van der Waals surface area contributed by atoms with Crippen molar-refractivity contribution in [3.63, 3.8) is 0 Å². The van der Waals surface area contributed by atoms with Gasteiger partial charge in [0, 0.05) is 13.0 Å². The number of unbranched alkanes of at least 4 members (excludes halogenated alkanes) is 1. The molecule has 0 saturated carbocycles. The van der Waals surface area contributed by atoms with Crippen LogP contribution in [0.25, 0.3) is 0 Å². The van der Waals surface area contributed by atoms with Crippen LogP contribution in [0.15, 0.2) is 60.9 Å². The molecule has 30 heavy (non-hydrogen) atoms. The minimum absolute atomic E-state index is 0.0479. The third-order valence-corrected chi connectivity index (χ3v) is 4.67. The molecule has 2 aromatic carbocycles. The Balaban J connectivity index is 1.34. The first kappa shape index (κ1) is 21.2. The zero-order chi connectivity index (χ0) is 21.2. The molecule has 7 nitrogen and oxygen atoms in total. The van der Waals surface area contributed by atoms with Crippen LogP contribution >= 0.6 is 0 Å². The predicted molar refractivity (Wildman–Crippen MR) is 116 cm³/mol. The number of amides is 2. The summed E-state index contributed by atoms with van der Waals surface area (Å²) in [6.45, 7) is 2.58. The predicted octanol–water partition coefficient (Wildman–Crippen LogP) is 3.25. The molecule has 3 aromatic rings. The first-order valence-electron chi connectivity index (χ1n) is 10.1. The summed E-state index contributed by atoms with van der Waals surface area (Å²) in [5, 5.41) is 9.66. The van der Waals surface area contributed by atoms with Crippen molar-refractivity contribution in [2.45, 2.75) is 45.7 Å². The lowest BCUT2D eigenvalue weighted by Crippen LogP contribution is -2.27. The number of anilines is 1. The van der Waals surface area contributed by atoms with E-state index < -0.39 is 0 Å². The van der Waals surface area contributed by atoms with Crippen molar-refractivity contribution in [2.75, 3.05) is 5.32 Å². The molecule has 0 fully saturated rings. The van der Waals surface area contributed by atoms with Crippen LogP contribution in [-0.4, -0.2) is 26.6 Å². The van der Waals surface area contributed by atoms with Crippen molar-refractivity contribution in [1.82, 2.24) is 20.1 Å². The molecule has 0 aliphatic carbocycles. The van der Waals surface area contributed by atoms with Gasteiger partial charge in [-0.2, -0.15) is 0 Å². The summed E-state index contributed by atoms with van der Waals surface area (Å²) in [5.74, 6) is -0.0719. The highest BCUT2D eigenvalue weighted by Gasteiger charge is 2.09. The second-order valence-corrected chi connectivity index (χ2v) is 7.27. The van der Waals surface area contributed by atoms with E-state index in [1.165, 1.54) is 22.1 Å². The van der Waals surface area contributed by atoms with Gasteiger partial charge in [0.25, 0.3) is 0 Å². The minimum atomic E-state index is -0.169. The molecule has 0 unspecified atom stereocenters. The molecule has 3 rings (SSSR count). The molecule has 1 aromatic heterocycles. The summed E-state index contributed by atoms with van der Waals surface area (Å²) in [6, 6.07) is 18.1. The molecule has 0 spiro atoms. The van der Waals surface area contributed by atoms with Crippen LogP contribution in [0.1, 0.15) is 36.0 Å². The van der Waals surface area contributed by atoms with Gasteiger partial charge < -0.3 is 5.32 Å². The molecule has 1 heterocycles. The van der Waals surface area contributed by atoms with E-state index in [2.05, 4.69) is 51.9 Å². The number of aryl methyl sites for hydroxylation is 2. The standard InChI is InChI=1S/C23H27N5O2/c1-18-11-13-19(14-12-18)7-5-6-10-21(29)26-23-25-17-28(27-23)16-22(30)24-15-20-8-3-2-4-9-20/h2-4,8-9,11-14,17H,5-7,10,15-16H2,1H3,(H,24,30)(H,26,27,29). The zero-order valence-corrected chi connectivity index (χ0v) is 17.2. The number of hydrogen-bond acceptors (Lipinski definition) is 4. The van der Waals surface area contributed by atoms with Crippen molar-refractivity contribution < 1.29 is 9.59 Å². The molecule has 0 atom stereocenters. The lowest BCUT2D eigenvalue weighted by Gasteiger charge is -2.05. The van der Waals surface area contributed by atoms with E-state index in [-0.39, 0.29) is 24.3 Å². The van der Waals surface area contributed by atoms with E-state index in [1.54, 1.807) is 0 Å². The highest BCUT2D eigenvalue weighted by molar-refractivity contribution is 5.88. The molecule has 0 saturated heterocycles. The van der Waals surface area contributed by atoms with Gasteiger partial charge in [-0.3, -0.25) is 14.9 Å². The Morgan fingerprint density at radius 1 is 0.933 bits per heavy atom. The smallest absolute Gasteiger partial charge is 0.248 e. The summed E-state index contributed by atoms with van der Waals surface area (Å²) < 4.78 is 1.41. The topological polar surface area (TPSA) is 88.9 Å². The summed E-state index contributed by atoms with van der Waals surface area (Å²) >= 11 is 0. The van der Waals surface area contributed by atoms with Crippen molar-refractivity contribution in [3.8, 4) is 0 Å². The maximum Gasteiger partial charge on any atom is 0.248 e. The van der Waals surface area contributed by atoms with Gasteiger partial charge in [0.15, 0.2) is 0 Å². The molecular weight excluding hydrogens is 378 g/mol. The van der Waals surface area contributed by atoms with Crippen LogP contribution in [0, 0.1) is 6.92 Å². The summed E-state index contributed by atoms with van der Waals surface area (Å²) in [4.78, 5) is 28.2. The number of nitrogens with zero attached hydrogens (tertiary/aromatic N) is 3. The van der Waals surface area contributed by atoms with Crippen LogP contribution in [0.2, 0.25) is 0 Å². The van der Waals surface area contributed by atoms with E-state index in [1.807, 2.05) is 30.3 Å². The quantitative estimate of drug-likeness (QED) is 0.507. The second-order valence-electron chi connectivity index (χ2n) is 7.27. The first-order valence-corrected chi connectivity index (χ1v) is 10.1. The average molecular weight is 406 g/mol. The molecule has 0 aliphatic rings. The second kappa shape index (κ2) is 10.9. The fourth-order valence-electron chi connectivity index (χ4n) is 2.98. The van der Waals surface area contributed by atoms with Gasteiger partial charge in [-0.25, -0.2) is 9.67 Å². The van der Waals surface area contributed by atoms with Gasteiger partial charge in [-0.05, 0) is 37.3 Å². The Labute approximate surface area is 176 Å². The lowest BCUT2D eigenvalue weighted by atomic mass is 10.1. The molecule has 7 heteroatoms.